The standard InChI is InChI=1S/C29H38N2O4/c1-7-21-9-11-22(12-10-21)26-25(28(33)29(34)31(26)16-8-15-30(5)6)27(32)23-13-14-24(20(4)17-23)35-18-19(2)3/h9-14,17,19,26,32H,7-8,15-16,18H2,1-6H3/b27-25+/t26-/m1/s1. The molecule has 6 heteroatoms. The van der Waals surface area contributed by atoms with Crippen LogP contribution in [0.25, 0.3) is 5.76 Å². The van der Waals surface area contributed by atoms with Gasteiger partial charge in [-0.2, -0.15) is 0 Å². The fourth-order valence-electron chi connectivity index (χ4n) is 4.32. The fourth-order valence-corrected chi connectivity index (χ4v) is 4.32. The molecule has 2 aromatic carbocycles. The van der Waals surface area contributed by atoms with Gasteiger partial charge in [-0.05, 0) is 81.2 Å². The van der Waals surface area contributed by atoms with Crippen molar-refractivity contribution in [2.24, 2.45) is 5.92 Å². The number of ketones is 1. The number of aliphatic hydroxyl groups excluding tert-OH is 1. The highest BCUT2D eigenvalue weighted by molar-refractivity contribution is 6.46. The first kappa shape index (κ1) is 26.5. The van der Waals surface area contributed by atoms with Crippen molar-refractivity contribution in [1.29, 1.82) is 0 Å². The van der Waals surface area contributed by atoms with Crippen molar-refractivity contribution in [2.45, 2.75) is 46.6 Å². The normalized spacial score (nSPS) is 17.6. The zero-order valence-corrected chi connectivity index (χ0v) is 21.8. The Labute approximate surface area is 209 Å². The van der Waals surface area contributed by atoms with Crippen molar-refractivity contribution < 1.29 is 19.4 Å². The lowest BCUT2D eigenvalue weighted by Crippen LogP contribution is -2.32. The van der Waals surface area contributed by atoms with Crippen LogP contribution < -0.4 is 4.74 Å². The first-order chi connectivity index (χ1) is 16.6. The van der Waals surface area contributed by atoms with Crippen LogP contribution >= 0.6 is 0 Å². The van der Waals surface area contributed by atoms with Gasteiger partial charge in [-0.3, -0.25) is 9.59 Å². The summed E-state index contributed by atoms with van der Waals surface area (Å²) in [6, 6.07) is 12.7. The number of benzene rings is 2. The summed E-state index contributed by atoms with van der Waals surface area (Å²) >= 11 is 0. The average molecular weight is 479 g/mol. The highest BCUT2D eigenvalue weighted by atomic mass is 16.5. The minimum Gasteiger partial charge on any atom is -0.507 e. The number of hydrogen-bond donors (Lipinski definition) is 1. The van der Waals surface area contributed by atoms with E-state index in [1.807, 2.05) is 62.3 Å². The number of aliphatic hydroxyl groups is 1. The Morgan fingerprint density at radius 3 is 2.37 bits per heavy atom. The maximum absolute atomic E-state index is 13.2. The lowest BCUT2D eigenvalue weighted by molar-refractivity contribution is -0.139. The number of aryl methyl sites for hydroxylation is 2. The van der Waals surface area contributed by atoms with E-state index in [4.69, 9.17) is 4.74 Å². The second kappa shape index (κ2) is 11.5. The number of likely N-dealkylation sites (tertiary alicyclic amines) is 1. The average Bonchev–Trinajstić information content (AvgIpc) is 3.07. The molecule has 0 saturated carbocycles. The number of Topliss-reactive ketones (excluding diaryl/α,β-unsaturated/α-hetero) is 1. The smallest absolute Gasteiger partial charge is 0.295 e. The third-order valence-corrected chi connectivity index (χ3v) is 6.27. The topological polar surface area (TPSA) is 70.1 Å². The third-order valence-electron chi connectivity index (χ3n) is 6.27. The molecule has 1 atom stereocenters. The molecule has 1 aliphatic heterocycles. The molecule has 1 heterocycles. The molecule has 3 rings (SSSR count). The minimum absolute atomic E-state index is 0.138. The Balaban J connectivity index is 2.04. The Morgan fingerprint density at radius 2 is 1.80 bits per heavy atom. The molecule has 1 aliphatic rings. The summed E-state index contributed by atoms with van der Waals surface area (Å²) in [6.07, 6.45) is 1.62. The first-order valence-corrected chi connectivity index (χ1v) is 12.4. The van der Waals surface area contributed by atoms with E-state index in [0.717, 1.165) is 36.3 Å². The maximum Gasteiger partial charge on any atom is 0.295 e. The van der Waals surface area contributed by atoms with Crippen LogP contribution in [0.5, 0.6) is 5.75 Å². The predicted octanol–water partition coefficient (Wildman–Crippen LogP) is 4.97. The highest BCUT2D eigenvalue weighted by Gasteiger charge is 2.45. The zero-order valence-electron chi connectivity index (χ0n) is 21.8. The molecule has 0 aliphatic carbocycles. The Kier molecular flexibility index (Phi) is 8.73. The van der Waals surface area contributed by atoms with Gasteiger partial charge in [0.15, 0.2) is 0 Å². The monoisotopic (exact) mass is 478 g/mol. The number of carbonyl (C=O) groups excluding carboxylic acids is 2. The third kappa shape index (κ3) is 6.12. The van der Waals surface area contributed by atoms with E-state index >= 15 is 0 Å². The molecule has 0 radical (unpaired) electrons. The number of amides is 1. The predicted molar refractivity (Wildman–Crippen MR) is 140 cm³/mol. The van der Waals surface area contributed by atoms with E-state index in [1.54, 1.807) is 11.0 Å². The van der Waals surface area contributed by atoms with Crippen LogP contribution in [0.1, 0.15) is 55.5 Å². The lowest BCUT2D eigenvalue weighted by Gasteiger charge is -2.26. The van der Waals surface area contributed by atoms with Crippen LogP contribution in [-0.4, -0.2) is 60.4 Å². The van der Waals surface area contributed by atoms with Gasteiger partial charge in [-0.25, -0.2) is 0 Å². The number of ether oxygens (including phenoxy) is 1. The van der Waals surface area contributed by atoms with Crippen LogP contribution in [0.15, 0.2) is 48.0 Å². The molecular weight excluding hydrogens is 440 g/mol. The molecule has 0 unspecified atom stereocenters. The number of nitrogens with zero attached hydrogens (tertiary/aromatic N) is 2. The summed E-state index contributed by atoms with van der Waals surface area (Å²) in [5, 5.41) is 11.3. The molecule has 1 N–H and O–H groups in total. The van der Waals surface area contributed by atoms with Crippen molar-refractivity contribution in [3.05, 3.63) is 70.3 Å². The van der Waals surface area contributed by atoms with Gasteiger partial charge < -0.3 is 19.6 Å². The Hall–Kier alpha value is -3.12. The zero-order chi connectivity index (χ0) is 25.7. The number of carbonyl (C=O) groups is 2. The second-order valence-corrected chi connectivity index (χ2v) is 9.93. The van der Waals surface area contributed by atoms with Crippen LogP contribution in [0, 0.1) is 12.8 Å². The van der Waals surface area contributed by atoms with Crippen molar-refractivity contribution in [3.8, 4) is 5.75 Å². The molecule has 0 bridgehead atoms. The van der Waals surface area contributed by atoms with Gasteiger partial charge in [-0.15, -0.1) is 0 Å². The van der Waals surface area contributed by atoms with Gasteiger partial charge >= 0.3 is 0 Å². The van der Waals surface area contributed by atoms with Gasteiger partial charge in [-0.1, -0.05) is 45.0 Å². The molecule has 2 aromatic rings. The molecule has 1 fully saturated rings. The van der Waals surface area contributed by atoms with E-state index in [-0.39, 0.29) is 11.3 Å². The molecule has 1 amide bonds. The van der Waals surface area contributed by atoms with Crippen molar-refractivity contribution in [2.75, 3.05) is 33.8 Å². The highest BCUT2D eigenvalue weighted by Crippen LogP contribution is 2.40. The van der Waals surface area contributed by atoms with E-state index in [0.29, 0.717) is 24.6 Å². The second-order valence-electron chi connectivity index (χ2n) is 9.93. The Morgan fingerprint density at radius 1 is 1.11 bits per heavy atom. The van der Waals surface area contributed by atoms with E-state index in [2.05, 4.69) is 20.8 Å². The molecular formula is C29H38N2O4. The maximum atomic E-state index is 13.2. The van der Waals surface area contributed by atoms with Gasteiger partial charge in [0.2, 0.25) is 0 Å². The van der Waals surface area contributed by atoms with Crippen LogP contribution in [0.3, 0.4) is 0 Å². The summed E-state index contributed by atoms with van der Waals surface area (Å²) < 4.78 is 5.86. The van der Waals surface area contributed by atoms with Crippen molar-refractivity contribution in [1.82, 2.24) is 9.80 Å². The Bertz CT molecular complexity index is 1090. The summed E-state index contributed by atoms with van der Waals surface area (Å²) in [5.41, 5.74) is 3.49. The molecule has 6 nitrogen and oxygen atoms in total. The molecule has 35 heavy (non-hydrogen) atoms. The molecule has 0 spiro atoms. The van der Waals surface area contributed by atoms with Crippen molar-refractivity contribution in [3.63, 3.8) is 0 Å². The van der Waals surface area contributed by atoms with Gasteiger partial charge in [0, 0.05) is 12.1 Å². The largest absolute Gasteiger partial charge is 0.507 e. The van der Waals surface area contributed by atoms with Crippen LogP contribution in [0.2, 0.25) is 0 Å². The summed E-state index contributed by atoms with van der Waals surface area (Å²) in [5.74, 6) is -0.226. The molecule has 188 valence electrons. The van der Waals surface area contributed by atoms with E-state index in [1.165, 1.54) is 5.56 Å². The summed E-state index contributed by atoms with van der Waals surface area (Å²) in [4.78, 5) is 30.0. The number of hydrogen-bond acceptors (Lipinski definition) is 5. The van der Waals surface area contributed by atoms with Crippen molar-refractivity contribution >= 4 is 17.4 Å². The summed E-state index contributed by atoms with van der Waals surface area (Å²) in [6.45, 7) is 9.98. The SMILES string of the molecule is CCc1ccc([C@@H]2/C(=C(\O)c3ccc(OCC(C)C)c(C)c3)C(=O)C(=O)N2CCCN(C)C)cc1. The van der Waals surface area contributed by atoms with Gasteiger partial charge in [0.1, 0.15) is 11.5 Å². The minimum atomic E-state index is -0.644. The quantitative estimate of drug-likeness (QED) is 0.297. The molecule has 1 saturated heterocycles. The summed E-state index contributed by atoms with van der Waals surface area (Å²) in [7, 11) is 3.96. The van der Waals surface area contributed by atoms with Gasteiger partial charge in [0.25, 0.3) is 11.7 Å². The van der Waals surface area contributed by atoms with E-state index < -0.39 is 17.7 Å². The lowest BCUT2D eigenvalue weighted by atomic mass is 9.94. The van der Waals surface area contributed by atoms with E-state index in [9.17, 15) is 14.7 Å². The fraction of sp³-hybridized carbons (Fsp3) is 0.448. The number of rotatable bonds is 10. The van der Waals surface area contributed by atoms with Crippen LogP contribution in [0.4, 0.5) is 0 Å². The van der Waals surface area contributed by atoms with Gasteiger partial charge in [0.05, 0.1) is 18.2 Å². The molecule has 0 aromatic heterocycles. The van der Waals surface area contributed by atoms with Crippen LogP contribution in [-0.2, 0) is 16.0 Å². The first-order valence-electron chi connectivity index (χ1n) is 12.4.